The summed E-state index contributed by atoms with van der Waals surface area (Å²) in [7, 11) is 6.10. The van der Waals surface area contributed by atoms with Crippen molar-refractivity contribution < 1.29 is 48.3 Å². The number of rotatable bonds is 11. The number of H-pyrrole nitrogens is 1. The van der Waals surface area contributed by atoms with E-state index in [0.29, 0.717) is 93.9 Å². The van der Waals surface area contributed by atoms with Gasteiger partial charge in [0.1, 0.15) is 11.2 Å². The molecular weight excluding hydrogens is 841 g/mol. The molecule has 14 nitrogen and oxygen atoms in total. The maximum Gasteiger partial charge on any atom is 0.344 e. The lowest BCUT2D eigenvalue weighted by atomic mass is 9.47. The van der Waals surface area contributed by atoms with Crippen LogP contribution in [0.4, 0.5) is 5.69 Å². The maximum absolute atomic E-state index is 15.6. The van der Waals surface area contributed by atoms with Crippen molar-refractivity contribution in [2.75, 3.05) is 66.0 Å². The summed E-state index contributed by atoms with van der Waals surface area (Å²) in [5, 5.41) is 26.5. The largest absolute Gasteiger partial charge is 0.496 e. The van der Waals surface area contributed by atoms with Crippen molar-refractivity contribution in [2.45, 2.75) is 119 Å². The molecule has 3 N–H and O–H groups in total. The first kappa shape index (κ1) is 46.1. The highest BCUT2D eigenvalue weighted by atomic mass is 16.6. The number of benzene rings is 2. The minimum Gasteiger partial charge on any atom is -0.496 e. The second-order valence-corrected chi connectivity index (χ2v) is 20.0. The number of carbonyl (C=O) groups is 4. The van der Waals surface area contributed by atoms with Gasteiger partial charge in [0.25, 0.3) is 0 Å². The average molecular weight is 907 g/mol. The Hall–Kier alpha value is -5.02. The van der Waals surface area contributed by atoms with Crippen LogP contribution in [0.25, 0.3) is 17.0 Å². The van der Waals surface area contributed by atoms with Crippen molar-refractivity contribution in [3.05, 3.63) is 76.5 Å². The number of piperidine rings is 1. The Labute approximate surface area is 387 Å². The van der Waals surface area contributed by atoms with E-state index in [-0.39, 0.29) is 24.2 Å². The van der Waals surface area contributed by atoms with Crippen molar-refractivity contribution in [3.8, 4) is 5.75 Å². The van der Waals surface area contributed by atoms with Crippen molar-refractivity contribution in [3.63, 3.8) is 0 Å². The first-order chi connectivity index (χ1) is 31.5. The van der Waals surface area contributed by atoms with E-state index in [4.69, 9.17) is 18.9 Å². The zero-order chi connectivity index (χ0) is 47.1. The van der Waals surface area contributed by atoms with E-state index in [1.807, 2.05) is 69.1 Å². The average Bonchev–Trinajstić information content (AvgIpc) is 3.97. The summed E-state index contributed by atoms with van der Waals surface area (Å²) in [6.45, 7) is 10.4. The lowest BCUT2D eigenvalue weighted by Gasteiger charge is -2.63. The lowest BCUT2D eigenvalue weighted by Crippen LogP contribution is -2.81. The number of allylic oxidation sites excluding steroid dienone is 1. The van der Waals surface area contributed by atoms with Gasteiger partial charge >= 0.3 is 17.9 Å². The highest BCUT2D eigenvalue weighted by molar-refractivity contribution is 5.97. The number of aliphatic hydroxyl groups is 2. The van der Waals surface area contributed by atoms with Crippen LogP contribution in [0, 0.1) is 11.3 Å². The van der Waals surface area contributed by atoms with Crippen LogP contribution in [0.3, 0.4) is 0 Å². The van der Waals surface area contributed by atoms with Crippen molar-refractivity contribution >= 4 is 46.4 Å². The molecule has 2 saturated heterocycles. The van der Waals surface area contributed by atoms with E-state index in [1.54, 1.807) is 13.2 Å². The van der Waals surface area contributed by atoms with Gasteiger partial charge < -0.3 is 39.0 Å². The molecule has 14 heteroatoms. The normalized spacial score (nSPS) is 34.4. The molecule has 1 saturated carbocycles. The number of nitrogens with one attached hydrogen (secondary N) is 1. The zero-order valence-corrected chi connectivity index (χ0v) is 39.7. The van der Waals surface area contributed by atoms with Gasteiger partial charge in [-0.05, 0) is 98.4 Å². The number of esters is 3. The molecule has 2 bridgehead atoms. The second kappa shape index (κ2) is 16.6. The summed E-state index contributed by atoms with van der Waals surface area (Å²) in [5.41, 5.74) is -1.37. The van der Waals surface area contributed by atoms with Gasteiger partial charge in [-0.15, -0.1) is 0 Å². The third-order valence-electron chi connectivity index (χ3n) is 16.7. The SMILES string of the molecule is CCCC(=O)C=Cc1ccc2[nH]c3c(c2c1)CCN1C[C@H](C[C@@](O)(CC)C1)C[C@]3(C(=O)OC)c1cc2c(cc1OC)N(C)[C@H]1[C@@](O)(C(=O)OC)[C@H](OC(C)=O)[C@]3(CC)C=CCN4CC[C@]21[C@@H]43. The minimum atomic E-state index is -2.34. The van der Waals surface area contributed by atoms with Crippen LogP contribution in [-0.4, -0.2) is 139 Å². The van der Waals surface area contributed by atoms with Gasteiger partial charge in [0.15, 0.2) is 11.9 Å². The summed E-state index contributed by atoms with van der Waals surface area (Å²) < 4.78 is 24.1. The number of methoxy groups -OCH3 is 3. The van der Waals surface area contributed by atoms with E-state index < -0.39 is 57.5 Å². The predicted octanol–water partition coefficient (Wildman–Crippen LogP) is 5.37. The van der Waals surface area contributed by atoms with Crippen LogP contribution in [0.1, 0.15) is 101 Å². The van der Waals surface area contributed by atoms with Crippen LogP contribution in [0.15, 0.2) is 48.6 Å². The van der Waals surface area contributed by atoms with Crippen molar-refractivity contribution in [1.82, 2.24) is 14.8 Å². The van der Waals surface area contributed by atoms with Crippen LogP contribution in [0.2, 0.25) is 0 Å². The van der Waals surface area contributed by atoms with Gasteiger partial charge in [0.05, 0.1) is 33.0 Å². The molecule has 3 aromatic rings. The molecule has 1 aliphatic carbocycles. The Morgan fingerprint density at radius 1 is 0.939 bits per heavy atom. The Kier molecular flexibility index (Phi) is 11.6. The highest BCUT2D eigenvalue weighted by Crippen LogP contribution is 2.68. The van der Waals surface area contributed by atoms with Gasteiger partial charge in [-0.1, -0.05) is 45.1 Å². The molecule has 6 heterocycles. The number of hydrogen-bond donors (Lipinski definition) is 3. The van der Waals surface area contributed by atoms with E-state index in [9.17, 15) is 24.6 Å². The number of ketones is 1. The fraction of sp³-hybridized carbons (Fsp3) is 0.577. The van der Waals surface area contributed by atoms with E-state index >= 15 is 4.79 Å². The first-order valence-electron chi connectivity index (χ1n) is 23.8. The topological polar surface area (TPSA) is 171 Å². The first-order valence-corrected chi connectivity index (χ1v) is 23.8. The van der Waals surface area contributed by atoms with Crippen molar-refractivity contribution in [1.29, 1.82) is 0 Å². The molecule has 0 amide bonds. The second-order valence-electron chi connectivity index (χ2n) is 20.0. The van der Waals surface area contributed by atoms with E-state index in [0.717, 1.165) is 34.0 Å². The molecule has 9 rings (SSSR count). The molecule has 10 atom stereocenters. The monoisotopic (exact) mass is 906 g/mol. The number of ether oxygens (including phenoxy) is 4. The lowest BCUT2D eigenvalue weighted by molar-refractivity contribution is -0.228. The van der Waals surface area contributed by atoms with Gasteiger partial charge in [-0.3, -0.25) is 24.2 Å². The fourth-order valence-corrected chi connectivity index (χ4v) is 14.2. The van der Waals surface area contributed by atoms with Gasteiger partial charge in [-0.25, -0.2) is 4.79 Å². The molecule has 354 valence electrons. The smallest absolute Gasteiger partial charge is 0.344 e. The van der Waals surface area contributed by atoms with Crippen LogP contribution in [-0.2, 0) is 50.6 Å². The van der Waals surface area contributed by atoms with E-state index in [2.05, 4.69) is 26.9 Å². The number of anilines is 1. The molecule has 1 unspecified atom stereocenters. The molecular formula is C52H66N4O10. The Bertz CT molecular complexity index is 2530. The summed E-state index contributed by atoms with van der Waals surface area (Å²) in [5.74, 6) is -1.69. The number of nitrogens with zero attached hydrogens (tertiary/aromatic N) is 3. The number of hydrogen-bond acceptors (Lipinski definition) is 13. The number of fused-ring (bicyclic) bond motifs is 6. The number of likely N-dealkylation sites (N-methyl/N-ethyl adjacent to an activating group) is 1. The van der Waals surface area contributed by atoms with Crippen LogP contribution in [0.5, 0.6) is 5.75 Å². The quantitative estimate of drug-likeness (QED) is 0.0972. The summed E-state index contributed by atoms with van der Waals surface area (Å²) in [6.07, 6.45) is 10.3. The van der Waals surface area contributed by atoms with Crippen LogP contribution >= 0.6 is 0 Å². The minimum absolute atomic E-state index is 0.0541. The van der Waals surface area contributed by atoms with Gasteiger partial charge in [-0.2, -0.15) is 0 Å². The van der Waals surface area contributed by atoms with Crippen molar-refractivity contribution in [2.24, 2.45) is 11.3 Å². The summed E-state index contributed by atoms with van der Waals surface area (Å²) >= 11 is 0. The molecule has 6 aliphatic rings. The third kappa shape index (κ3) is 6.48. The number of carbonyl (C=O) groups excluding carboxylic acids is 4. The Balaban J connectivity index is 1.34. The molecule has 1 aromatic heterocycles. The summed E-state index contributed by atoms with van der Waals surface area (Å²) in [4.78, 5) is 66.2. The number of aromatic amines is 1. The van der Waals surface area contributed by atoms with Crippen LogP contribution < -0.4 is 9.64 Å². The number of aromatic nitrogens is 1. The van der Waals surface area contributed by atoms with Gasteiger partial charge in [0, 0.05) is 97.4 Å². The zero-order valence-electron chi connectivity index (χ0n) is 39.7. The molecule has 2 aromatic carbocycles. The molecule has 5 aliphatic heterocycles. The molecule has 66 heavy (non-hydrogen) atoms. The molecule has 3 fully saturated rings. The Morgan fingerprint density at radius 2 is 1.71 bits per heavy atom. The van der Waals surface area contributed by atoms with E-state index in [1.165, 1.54) is 21.1 Å². The molecule has 1 spiro atoms. The summed E-state index contributed by atoms with van der Waals surface area (Å²) in [6, 6.07) is 8.75. The predicted molar refractivity (Wildman–Crippen MR) is 249 cm³/mol. The third-order valence-corrected chi connectivity index (χ3v) is 16.7. The van der Waals surface area contributed by atoms with Gasteiger partial charge in [0.2, 0.25) is 5.60 Å². The molecule has 0 radical (unpaired) electrons. The highest BCUT2D eigenvalue weighted by Gasteiger charge is 2.80. The fourth-order valence-electron chi connectivity index (χ4n) is 14.2. The standard InChI is InChI=1S/C52H66N4O10/c1-9-13-34(58)16-14-32-15-17-39-36(24-32)35-18-22-55-29-33(27-48(61,10-2)30-55)28-51(42(35)53-39,46(59)64-7)38-25-37-40(26-41(38)63-6)54(5)44-50(37)20-23-56-21-12-19-49(11-3,43(50)56)45(66-31(4)57)52(44,62)47(60)65-8/h12,14-17,19,24-26,33,43-45,53,61-62H,9-11,13,18,20-23,27-30H2,1-8H3/t33-,43+,44-,45-,48+,49-,50-,51+,52+/m1/s1. The Morgan fingerprint density at radius 3 is 2.39 bits per heavy atom. The maximum atomic E-state index is 15.6.